The van der Waals surface area contributed by atoms with Crippen molar-refractivity contribution in [3.05, 3.63) is 99.8 Å². The Morgan fingerprint density at radius 1 is 0.889 bits per heavy atom. The van der Waals surface area contributed by atoms with Gasteiger partial charge in [0.1, 0.15) is 29.5 Å². The maximum atomic E-state index is 14.0. The monoisotopic (exact) mass is 1170 g/mol. The van der Waals surface area contributed by atoms with Gasteiger partial charge < -0.3 is 50.8 Å². The van der Waals surface area contributed by atoms with E-state index in [-0.39, 0.29) is 98.0 Å². The predicted octanol–water partition coefficient (Wildman–Crippen LogP) is 7.46. The molecule has 0 spiro atoms. The third-order valence-corrected chi connectivity index (χ3v) is 17.5. The summed E-state index contributed by atoms with van der Waals surface area (Å²) in [4.78, 5) is 71.6. The highest BCUT2D eigenvalue weighted by Crippen LogP contribution is 2.39. The number of piperidine rings is 1. The van der Waals surface area contributed by atoms with Crippen LogP contribution in [-0.4, -0.2) is 151 Å². The second-order valence-electron chi connectivity index (χ2n) is 22.1. The Morgan fingerprint density at radius 2 is 1.60 bits per heavy atom. The molecule has 81 heavy (non-hydrogen) atoms. The number of anilines is 4. The van der Waals surface area contributed by atoms with Gasteiger partial charge in [0, 0.05) is 26.1 Å². The standard InChI is InChI=1S/C58H77ClN10O10S2/c1-35(2)79-48-28-43(37(5)26-46(48)65-57-62-30-44(59)54(67-57)64-45-12-10-11-13-49(45)81(75,76)36(3)4)40-18-21-68(22-19-40)32-50(71)60-20-23-77-24-25-78-33-51(72)66-53(58(7,8)9)56(74)69-31-42(70)27-47(69)55(73)61-29-39-14-16-41(17-15-39)52-38(6)63-34-80-52/h10-17,26,28,30,34-36,40,42,47,53,70H,18-25,27,29,31-33H2,1-9H3,(H,60,71)(H,61,73)(H,66,72)(H2,62,64,65,67)/t42-,47+,53?/m1/s1. The Bertz CT molecular complexity index is 3090. The summed E-state index contributed by atoms with van der Waals surface area (Å²) in [5.74, 6) is -0.148. The number of β-amino-alcohol motifs (C(OH)–C–C–N with tert-alkyl or cyclic N) is 1. The molecule has 0 radical (unpaired) electrons. The van der Waals surface area contributed by atoms with Crippen LogP contribution in [0, 0.1) is 19.3 Å². The molecule has 2 aliphatic rings. The van der Waals surface area contributed by atoms with Gasteiger partial charge in [0.2, 0.25) is 29.6 Å². The van der Waals surface area contributed by atoms with E-state index in [4.69, 9.17) is 25.8 Å². The van der Waals surface area contributed by atoms with Crippen molar-refractivity contribution in [3.8, 4) is 16.2 Å². The molecule has 20 nitrogen and oxygen atoms in total. The van der Waals surface area contributed by atoms with Gasteiger partial charge in [-0.05, 0) is 125 Å². The number of hydrogen-bond acceptors (Lipinski definition) is 17. The van der Waals surface area contributed by atoms with Crippen LogP contribution in [0.4, 0.5) is 23.1 Å². The van der Waals surface area contributed by atoms with Gasteiger partial charge in [0.05, 0.1) is 82.4 Å². The number of nitrogens with zero attached hydrogens (tertiary/aromatic N) is 5. The number of nitrogens with one attached hydrogen (secondary N) is 5. The van der Waals surface area contributed by atoms with Crippen molar-refractivity contribution in [2.75, 3.05) is 69.8 Å². The van der Waals surface area contributed by atoms with Crippen LogP contribution in [-0.2, 0) is 45.0 Å². The molecular formula is C58H77ClN10O10S2. The van der Waals surface area contributed by atoms with E-state index in [1.165, 1.54) is 11.1 Å². The second kappa shape index (κ2) is 28.1. The maximum absolute atomic E-state index is 14.0. The Hall–Kier alpha value is -6.27. The summed E-state index contributed by atoms with van der Waals surface area (Å²) >= 11 is 8.08. The zero-order valence-corrected chi connectivity index (χ0v) is 50.0. The minimum Gasteiger partial charge on any atom is -0.489 e. The number of aliphatic hydroxyl groups is 1. The van der Waals surface area contributed by atoms with Crippen molar-refractivity contribution < 1.29 is 46.9 Å². The van der Waals surface area contributed by atoms with E-state index < -0.39 is 50.5 Å². The van der Waals surface area contributed by atoms with E-state index in [1.807, 2.05) is 71.9 Å². The summed E-state index contributed by atoms with van der Waals surface area (Å²) in [7, 11) is -3.60. The fourth-order valence-corrected chi connectivity index (χ4v) is 11.9. The Labute approximate surface area is 484 Å². The number of benzene rings is 3. The van der Waals surface area contributed by atoms with Crippen LogP contribution in [0.15, 0.2) is 77.3 Å². The lowest BCUT2D eigenvalue weighted by molar-refractivity contribution is -0.144. The van der Waals surface area contributed by atoms with Crippen molar-refractivity contribution in [3.63, 3.8) is 0 Å². The highest BCUT2D eigenvalue weighted by Gasteiger charge is 2.44. The highest BCUT2D eigenvalue weighted by molar-refractivity contribution is 7.92. The quantitative estimate of drug-likeness (QED) is 0.0310. The van der Waals surface area contributed by atoms with Crippen molar-refractivity contribution in [1.29, 1.82) is 0 Å². The fraction of sp³-hybridized carbons (Fsp3) is 0.500. The van der Waals surface area contributed by atoms with Crippen molar-refractivity contribution in [1.82, 2.24) is 40.7 Å². The van der Waals surface area contributed by atoms with E-state index in [1.54, 1.807) is 55.0 Å². The number of rotatable bonds is 25. The number of halogens is 1. The van der Waals surface area contributed by atoms with Crippen LogP contribution in [0.25, 0.3) is 10.4 Å². The molecule has 0 saturated carbocycles. The molecule has 438 valence electrons. The molecule has 5 aromatic rings. The lowest BCUT2D eigenvalue weighted by Crippen LogP contribution is -2.58. The topological polar surface area (TPSA) is 256 Å². The normalized spacial score (nSPS) is 16.6. The first-order valence-corrected chi connectivity index (χ1v) is 30.2. The van der Waals surface area contributed by atoms with E-state index in [9.17, 15) is 32.7 Å². The predicted molar refractivity (Wildman–Crippen MR) is 314 cm³/mol. The van der Waals surface area contributed by atoms with Gasteiger partial charge in [0.15, 0.2) is 15.7 Å². The van der Waals surface area contributed by atoms with Crippen LogP contribution >= 0.6 is 22.9 Å². The first-order valence-electron chi connectivity index (χ1n) is 27.4. The van der Waals surface area contributed by atoms with E-state index >= 15 is 0 Å². The number of thiazole rings is 1. The summed E-state index contributed by atoms with van der Waals surface area (Å²) < 4.78 is 43.8. The summed E-state index contributed by atoms with van der Waals surface area (Å²) in [5.41, 5.74) is 7.16. The van der Waals surface area contributed by atoms with Crippen LogP contribution < -0.4 is 31.3 Å². The van der Waals surface area contributed by atoms with Gasteiger partial charge in [-0.3, -0.25) is 24.1 Å². The molecule has 2 aromatic heterocycles. The van der Waals surface area contributed by atoms with Crippen LogP contribution in [0.5, 0.6) is 5.75 Å². The van der Waals surface area contributed by atoms with Gasteiger partial charge in [0.25, 0.3) is 0 Å². The number of hydrogen-bond donors (Lipinski definition) is 6. The van der Waals surface area contributed by atoms with E-state index in [0.717, 1.165) is 58.8 Å². The number of carbonyl (C=O) groups is 4. The van der Waals surface area contributed by atoms with Crippen molar-refractivity contribution in [2.24, 2.45) is 5.41 Å². The summed E-state index contributed by atoms with van der Waals surface area (Å²) in [5, 5.41) is 25.2. The first-order chi connectivity index (χ1) is 38.5. The molecule has 2 fully saturated rings. The van der Waals surface area contributed by atoms with Gasteiger partial charge in [-0.25, -0.2) is 18.4 Å². The third-order valence-electron chi connectivity index (χ3n) is 14.1. The molecule has 3 atom stereocenters. The van der Waals surface area contributed by atoms with Crippen LogP contribution in [0.2, 0.25) is 5.02 Å². The number of aryl methyl sites for hydroxylation is 2. The van der Waals surface area contributed by atoms with Gasteiger partial charge in [-0.1, -0.05) is 68.8 Å². The lowest BCUT2D eigenvalue weighted by atomic mass is 9.85. The zero-order chi connectivity index (χ0) is 58.6. The molecular weight excluding hydrogens is 1100 g/mol. The van der Waals surface area contributed by atoms with Gasteiger partial charge >= 0.3 is 0 Å². The molecule has 4 amide bonds. The van der Waals surface area contributed by atoms with Crippen molar-refractivity contribution in [2.45, 2.75) is 128 Å². The molecule has 0 bridgehead atoms. The molecule has 1 unspecified atom stereocenters. The molecule has 0 aliphatic carbocycles. The molecule has 3 aromatic carbocycles. The zero-order valence-electron chi connectivity index (χ0n) is 47.6. The highest BCUT2D eigenvalue weighted by atomic mass is 35.5. The molecule has 2 saturated heterocycles. The molecule has 2 aliphatic heterocycles. The van der Waals surface area contributed by atoms with Crippen LogP contribution in [0.3, 0.4) is 0 Å². The first kappa shape index (κ1) is 62.3. The third kappa shape index (κ3) is 16.9. The maximum Gasteiger partial charge on any atom is 0.246 e. The van der Waals surface area contributed by atoms with Crippen LogP contribution in [0.1, 0.15) is 96.0 Å². The minimum absolute atomic E-state index is 0.0373. The smallest absolute Gasteiger partial charge is 0.246 e. The Morgan fingerprint density at radius 3 is 2.28 bits per heavy atom. The number of amides is 4. The molecule has 6 N–H and O–H groups in total. The van der Waals surface area contributed by atoms with Gasteiger partial charge in [-0.2, -0.15) is 4.98 Å². The largest absolute Gasteiger partial charge is 0.489 e. The van der Waals surface area contributed by atoms with E-state index in [2.05, 4.69) is 59.4 Å². The lowest BCUT2D eigenvalue weighted by Gasteiger charge is -2.35. The number of aliphatic hydroxyl groups excluding tert-OH is 1. The number of ether oxygens (including phenoxy) is 3. The Balaban J connectivity index is 0.805. The fourth-order valence-electron chi connectivity index (χ4n) is 9.72. The average Bonchev–Trinajstić information content (AvgIpc) is 4.10. The number of likely N-dealkylation sites (tertiary alicyclic amines) is 2. The van der Waals surface area contributed by atoms with E-state index in [0.29, 0.717) is 23.7 Å². The number of aromatic nitrogens is 3. The molecule has 7 rings (SSSR count). The summed E-state index contributed by atoms with van der Waals surface area (Å²) in [6.45, 7) is 19.0. The minimum atomic E-state index is -3.60. The summed E-state index contributed by atoms with van der Waals surface area (Å²) in [6, 6.07) is 16.6. The molecule has 4 heterocycles. The number of carbonyl (C=O) groups excluding carboxylic acids is 4. The summed E-state index contributed by atoms with van der Waals surface area (Å²) in [6.07, 6.45) is 2.18. The second-order valence-corrected chi connectivity index (χ2v) is 25.8. The van der Waals surface area contributed by atoms with Crippen molar-refractivity contribution >= 4 is 79.5 Å². The van der Waals surface area contributed by atoms with Gasteiger partial charge in [-0.15, -0.1) is 11.3 Å². The number of sulfone groups is 1. The molecule has 23 heteroatoms. The average molecular weight is 1170 g/mol. The SMILES string of the molecule is Cc1cc(Nc2ncc(Cl)c(Nc3ccccc3S(=O)(=O)C(C)C)n2)c(OC(C)C)cc1C1CCN(CC(=O)NCCOCCOCC(=O)NC(C(=O)N2C[C@H](O)C[C@H]2C(=O)NCc2ccc(-c3scnc3C)cc2)C(C)(C)C)CC1. The Kier molecular flexibility index (Phi) is 21.7. The number of para-hydroxylation sites is 1.